The molecule has 22 heavy (non-hydrogen) atoms. The fourth-order valence-corrected chi connectivity index (χ4v) is 2.17. The molecule has 1 amide bonds. The lowest BCUT2D eigenvalue weighted by Gasteiger charge is -2.18. The number of aryl methyl sites for hydroxylation is 1. The number of hydrogen-bond donors (Lipinski definition) is 1. The van der Waals surface area contributed by atoms with Gasteiger partial charge in [0.25, 0.3) is 5.91 Å². The average Bonchev–Trinajstić information content (AvgIpc) is 2.46. The standard InChI is InChI=1S/C17H22N4O/c1-12(2)18-16-10-15(19-13(3)20-16)17(22)21(4)11-14-8-6-5-7-9-14/h5-10,12H,11H2,1-4H3,(H,18,19,20). The molecule has 0 bridgehead atoms. The minimum atomic E-state index is -0.110. The van der Waals surface area contributed by atoms with Crippen molar-refractivity contribution >= 4 is 11.7 Å². The second kappa shape index (κ2) is 7.02. The number of carbonyl (C=O) groups excluding carboxylic acids is 1. The number of aromatic nitrogens is 2. The zero-order valence-electron chi connectivity index (χ0n) is 13.5. The fraction of sp³-hybridized carbons (Fsp3) is 0.353. The summed E-state index contributed by atoms with van der Waals surface area (Å²) in [5.41, 5.74) is 1.50. The summed E-state index contributed by atoms with van der Waals surface area (Å²) in [5.74, 6) is 1.15. The van der Waals surface area contributed by atoms with E-state index >= 15 is 0 Å². The maximum absolute atomic E-state index is 12.5. The molecule has 1 heterocycles. The van der Waals surface area contributed by atoms with Crippen molar-refractivity contribution in [2.24, 2.45) is 0 Å². The largest absolute Gasteiger partial charge is 0.368 e. The highest BCUT2D eigenvalue weighted by Gasteiger charge is 2.15. The van der Waals surface area contributed by atoms with Crippen LogP contribution in [0.25, 0.3) is 0 Å². The van der Waals surface area contributed by atoms with Gasteiger partial charge in [-0.1, -0.05) is 30.3 Å². The SMILES string of the molecule is Cc1nc(NC(C)C)cc(C(=O)N(C)Cc2ccccc2)n1. The molecule has 0 atom stereocenters. The zero-order valence-corrected chi connectivity index (χ0v) is 13.5. The van der Waals surface area contributed by atoms with E-state index < -0.39 is 0 Å². The van der Waals surface area contributed by atoms with Crippen LogP contribution in [0.3, 0.4) is 0 Å². The summed E-state index contributed by atoms with van der Waals surface area (Å²) in [4.78, 5) is 22.8. The second-order valence-electron chi connectivity index (χ2n) is 5.63. The van der Waals surface area contributed by atoms with E-state index in [4.69, 9.17) is 0 Å². The lowest BCUT2D eigenvalue weighted by atomic mass is 10.2. The Kier molecular flexibility index (Phi) is 5.09. The van der Waals surface area contributed by atoms with Gasteiger partial charge in [0.15, 0.2) is 0 Å². The Morgan fingerprint density at radius 2 is 1.91 bits per heavy atom. The van der Waals surface area contributed by atoms with Gasteiger partial charge in [-0.3, -0.25) is 4.79 Å². The van der Waals surface area contributed by atoms with Crippen molar-refractivity contribution in [1.29, 1.82) is 0 Å². The van der Waals surface area contributed by atoms with Crippen LogP contribution in [0.1, 0.15) is 35.7 Å². The van der Waals surface area contributed by atoms with Crippen LogP contribution >= 0.6 is 0 Å². The highest BCUT2D eigenvalue weighted by molar-refractivity contribution is 5.92. The van der Waals surface area contributed by atoms with Crippen LogP contribution in [0, 0.1) is 6.92 Å². The van der Waals surface area contributed by atoms with Crippen molar-refractivity contribution in [1.82, 2.24) is 14.9 Å². The molecule has 0 fully saturated rings. The third-order valence-corrected chi connectivity index (χ3v) is 3.10. The van der Waals surface area contributed by atoms with Gasteiger partial charge in [0.05, 0.1) is 0 Å². The summed E-state index contributed by atoms with van der Waals surface area (Å²) in [6.45, 7) is 6.40. The number of rotatable bonds is 5. The van der Waals surface area contributed by atoms with Gasteiger partial charge in [0.1, 0.15) is 17.3 Å². The third kappa shape index (κ3) is 4.28. The molecule has 0 aliphatic carbocycles. The number of carbonyl (C=O) groups is 1. The van der Waals surface area contributed by atoms with E-state index in [1.165, 1.54) is 0 Å². The molecule has 0 unspecified atom stereocenters. The number of anilines is 1. The van der Waals surface area contributed by atoms with Crippen LogP contribution in [-0.4, -0.2) is 33.9 Å². The zero-order chi connectivity index (χ0) is 16.1. The van der Waals surface area contributed by atoms with Crippen LogP contribution in [0.2, 0.25) is 0 Å². The minimum Gasteiger partial charge on any atom is -0.368 e. The Morgan fingerprint density at radius 3 is 2.55 bits per heavy atom. The Balaban J connectivity index is 2.16. The molecule has 0 saturated heterocycles. The summed E-state index contributed by atoms with van der Waals surface area (Å²) >= 11 is 0. The van der Waals surface area contributed by atoms with Gasteiger partial charge in [-0.05, 0) is 26.3 Å². The minimum absolute atomic E-state index is 0.110. The quantitative estimate of drug-likeness (QED) is 0.922. The second-order valence-corrected chi connectivity index (χ2v) is 5.63. The van der Waals surface area contributed by atoms with E-state index in [9.17, 15) is 4.79 Å². The first-order valence-electron chi connectivity index (χ1n) is 7.37. The van der Waals surface area contributed by atoms with E-state index in [1.807, 2.05) is 44.2 Å². The summed E-state index contributed by atoms with van der Waals surface area (Å²) in [7, 11) is 1.78. The number of nitrogens with one attached hydrogen (secondary N) is 1. The molecule has 0 aliphatic rings. The molecule has 0 aliphatic heterocycles. The maximum atomic E-state index is 12.5. The molecule has 0 radical (unpaired) electrons. The van der Waals surface area contributed by atoms with Crippen molar-refractivity contribution in [3.8, 4) is 0 Å². The Labute approximate surface area is 131 Å². The first-order chi connectivity index (χ1) is 10.5. The molecule has 116 valence electrons. The van der Waals surface area contributed by atoms with Crippen LogP contribution < -0.4 is 5.32 Å². The van der Waals surface area contributed by atoms with E-state index in [0.29, 0.717) is 23.9 Å². The maximum Gasteiger partial charge on any atom is 0.272 e. The average molecular weight is 298 g/mol. The predicted molar refractivity (Wildman–Crippen MR) is 87.8 cm³/mol. The molecule has 0 spiro atoms. The van der Waals surface area contributed by atoms with Gasteiger partial charge < -0.3 is 10.2 Å². The molecule has 0 saturated carbocycles. The van der Waals surface area contributed by atoms with Gasteiger partial charge in [0.2, 0.25) is 0 Å². The van der Waals surface area contributed by atoms with Gasteiger partial charge in [-0.2, -0.15) is 0 Å². The van der Waals surface area contributed by atoms with Crippen LogP contribution in [0.5, 0.6) is 0 Å². The molecule has 1 aromatic carbocycles. The van der Waals surface area contributed by atoms with Crippen LogP contribution in [0.15, 0.2) is 36.4 Å². The first kappa shape index (κ1) is 15.9. The molecular formula is C17H22N4O. The molecule has 5 nitrogen and oxygen atoms in total. The van der Waals surface area contributed by atoms with E-state index in [0.717, 1.165) is 5.56 Å². The van der Waals surface area contributed by atoms with Crippen molar-refractivity contribution in [2.75, 3.05) is 12.4 Å². The summed E-state index contributed by atoms with van der Waals surface area (Å²) in [5, 5.41) is 3.21. The number of hydrogen-bond acceptors (Lipinski definition) is 4. The van der Waals surface area contributed by atoms with Gasteiger partial charge >= 0.3 is 0 Å². The topological polar surface area (TPSA) is 58.1 Å². The molecule has 1 N–H and O–H groups in total. The predicted octanol–water partition coefficient (Wildman–Crippen LogP) is 2.88. The van der Waals surface area contributed by atoms with Gasteiger partial charge in [-0.15, -0.1) is 0 Å². The van der Waals surface area contributed by atoms with Crippen molar-refractivity contribution in [3.63, 3.8) is 0 Å². The van der Waals surface area contributed by atoms with Gasteiger partial charge in [-0.25, -0.2) is 9.97 Å². The molecular weight excluding hydrogens is 276 g/mol. The lowest BCUT2D eigenvalue weighted by Crippen LogP contribution is -2.27. The summed E-state index contributed by atoms with van der Waals surface area (Å²) in [6.07, 6.45) is 0. The van der Waals surface area contributed by atoms with Crippen LogP contribution in [-0.2, 0) is 6.54 Å². The third-order valence-electron chi connectivity index (χ3n) is 3.10. The molecule has 1 aromatic heterocycles. The first-order valence-corrected chi connectivity index (χ1v) is 7.37. The Bertz CT molecular complexity index is 640. The van der Waals surface area contributed by atoms with Crippen LogP contribution in [0.4, 0.5) is 5.82 Å². The lowest BCUT2D eigenvalue weighted by molar-refractivity contribution is 0.0779. The normalized spacial score (nSPS) is 10.6. The Hall–Kier alpha value is -2.43. The highest BCUT2D eigenvalue weighted by Crippen LogP contribution is 2.11. The summed E-state index contributed by atoms with van der Waals surface area (Å²) in [6, 6.07) is 11.8. The van der Waals surface area contributed by atoms with Crippen molar-refractivity contribution < 1.29 is 4.79 Å². The van der Waals surface area contributed by atoms with Crippen molar-refractivity contribution in [2.45, 2.75) is 33.4 Å². The molecule has 2 aromatic rings. The number of benzene rings is 1. The number of nitrogens with zero attached hydrogens (tertiary/aromatic N) is 3. The highest BCUT2D eigenvalue weighted by atomic mass is 16.2. The summed E-state index contributed by atoms with van der Waals surface area (Å²) < 4.78 is 0. The van der Waals surface area contributed by atoms with E-state index in [-0.39, 0.29) is 11.9 Å². The molecule has 2 rings (SSSR count). The monoisotopic (exact) mass is 298 g/mol. The smallest absolute Gasteiger partial charge is 0.272 e. The molecule has 5 heteroatoms. The Morgan fingerprint density at radius 1 is 1.23 bits per heavy atom. The van der Waals surface area contributed by atoms with E-state index in [2.05, 4.69) is 15.3 Å². The van der Waals surface area contributed by atoms with Gasteiger partial charge in [0, 0.05) is 25.7 Å². The van der Waals surface area contributed by atoms with E-state index in [1.54, 1.807) is 24.9 Å². The fourth-order valence-electron chi connectivity index (χ4n) is 2.17. The van der Waals surface area contributed by atoms with Crippen molar-refractivity contribution in [3.05, 3.63) is 53.5 Å². The number of amides is 1.